The molecule has 100 valence electrons. The van der Waals surface area contributed by atoms with E-state index in [1.165, 1.54) is 18.9 Å². The molecule has 1 atom stereocenters. The zero-order valence-electron chi connectivity index (χ0n) is 10.4. The van der Waals surface area contributed by atoms with E-state index < -0.39 is 10.0 Å². The molecule has 0 spiro atoms. The average Bonchev–Trinajstić information content (AvgIpc) is 3.07. The van der Waals surface area contributed by atoms with Gasteiger partial charge in [0, 0.05) is 12.2 Å². The van der Waals surface area contributed by atoms with Crippen LogP contribution < -0.4 is 16.2 Å². The summed E-state index contributed by atoms with van der Waals surface area (Å²) in [4.78, 5) is -0.0247. The number of sulfonamides is 1. The maximum atomic E-state index is 11.2. The van der Waals surface area contributed by atoms with Crippen LogP contribution in [0.1, 0.15) is 19.8 Å². The van der Waals surface area contributed by atoms with Gasteiger partial charge < -0.3 is 11.1 Å². The minimum Gasteiger partial charge on any atom is -0.398 e. The summed E-state index contributed by atoms with van der Waals surface area (Å²) in [6.45, 7) is 3.09. The van der Waals surface area contributed by atoms with Gasteiger partial charge >= 0.3 is 0 Å². The SMILES string of the molecule is CC(CNc1ccc(S(N)(=O)=O)c(N)c1)C1CC1. The Bertz CT molecular complexity index is 538. The van der Waals surface area contributed by atoms with E-state index in [2.05, 4.69) is 12.2 Å². The Morgan fingerprint density at radius 3 is 2.61 bits per heavy atom. The van der Waals surface area contributed by atoms with Crippen LogP contribution in [0.5, 0.6) is 0 Å². The van der Waals surface area contributed by atoms with Crippen LogP contribution in [0.15, 0.2) is 23.1 Å². The van der Waals surface area contributed by atoms with Crippen molar-refractivity contribution in [1.82, 2.24) is 0 Å². The Morgan fingerprint density at radius 1 is 1.44 bits per heavy atom. The van der Waals surface area contributed by atoms with Crippen molar-refractivity contribution >= 4 is 21.4 Å². The van der Waals surface area contributed by atoms with Crippen LogP contribution in [0, 0.1) is 11.8 Å². The van der Waals surface area contributed by atoms with Gasteiger partial charge in [0.2, 0.25) is 10.0 Å². The van der Waals surface area contributed by atoms with Gasteiger partial charge in [0.25, 0.3) is 0 Å². The summed E-state index contributed by atoms with van der Waals surface area (Å²) in [5.74, 6) is 1.46. The van der Waals surface area contributed by atoms with Gasteiger partial charge in [0.1, 0.15) is 4.90 Å². The lowest BCUT2D eigenvalue weighted by Gasteiger charge is -2.13. The summed E-state index contributed by atoms with van der Waals surface area (Å²) < 4.78 is 22.4. The van der Waals surface area contributed by atoms with Crippen LogP contribution >= 0.6 is 0 Å². The molecule has 1 saturated carbocycles. The molecule has 2 rings (SSSR count). The molecular weight excluding hydrogens is 250 g/mol. The largest absolute Gasteiger partial charge is 0.398 e. The molecule has 18 heavy (non-hydrogen) atoms. The molecule has 1 aliphatic rings. The molecule has 0 radical (unpaired) electrons. The molecule has 1 aromatic carbocycles. The molecule has 1 aliphatic carbocycles. The first kappa shape index (κ1) is 13.2. The van der Waals surface area contributed by atoms with Crippen molar-refractivity contribution in [3.8, 4) is 0 Å². The molecule has 0 heterocycles. The lowest BCUT2D eigenvalue weighted by molar-refractivity contribution is 0.536. The van der Waals surface area contributed by atoms with Gasteiger partial charge in [-0.2, -0.15) is 0 Å². The second-order valence-corrected chi connectivity index (χ2v) is 6.52. The zero-order valence-corrected chi connectivity index (χ0v) is 11.2. The molecule has 0 bridgehead atoms. The zero-order chi connectivity index (χ0) is 13.3. The fraction of sp³-hybridized carbons (Fsp3) is 0.500. The fourth-order valence-electron chi connectivity index (χ4n) is 2.03. The number of rotatable bonds is 5. The number of hydrogen-bond acceptors (Lipinski definition) is 4. The van der Waals surface area contributed by atoms with Crippen LogP contribution in [0.4, 0.5) is 11.4 Å². The fourth-order valence-corrected chi connectivity index (χ4v) is 2.67. The van der Waals surface area contributed by atoms with Gasteiger partial charge in [-0.05, 0) is 42.9 Å². The van der Waals surface area contributed by atoms with Crippen molar-refractivity contribution in [2.45, 2.75) is 24.7 Å². The highest BCUT2D eigenvalue weighted by Gasteiger charge is 2.27. The monoisotopic (exact) mass is 269 g/mol. The van der Waals surface area contributed by atoms with E-state index in [4.69, 9.17) is 10.9 Å². The summed E-state index contributed by atoms with van der Waals surface area (Å²) in [6.07, 6.45) is 2.63. The molecule has 1 aromatic rings. The van der Waals surface area contributed by atoms with Crippen molar-refractivity contribution < 1.29 is 8.42 Å². The number of primary sulfonamides is 1. The van der Waals surface area contributed by atoms with E-state index in [0.717, 1.165) is 18.2 Å². The van der Waals surface area contributed by atoms with Crippen molar-refractivity contribution in [1.29, 1.82) is 0 Å². The number of hydrogen-bond donors (Lipinski definition) is 3. The van der Waals surface area contributed by atoms with Crippen LogP contribution in [-0.2, 0) is 10.0 Å². The van der Waals surface area contributed by atoms with E-state index >= 15 is 0 Å². The standard InChI is InChI=1S/C12H19N3O2S/c1-8(9-2-3-9)7-15-10-4-5-12(11(13)6-10)18(14,16)17/h4-6,8-9,15H,2-3,7,13H2,1H3,(H2,14,16,17). The maximum Gasteiger partial charge on any atom is 0.240 e. The van der Waals surface area contributed by atoms with Gasteiger partial charge in [-0.1, -0.05) is 6.92 Å². The maximum absolute atomic E-state index is 11.2. The summed E-state index contributed by atoms with van der Waals surface area (Å²) in [5.41, 5.74) is 6.70. The van der Waals surface area contributed by atoms with Crippen molar-refractivity contribution in [3.05, 3.63) is 18.2 Å². The summed E-state index contributed by atoms with van der Waals surface area (Å²) in [6, 6.07) is 4.74. The Kier molecular flexibility index (Phi) is 3.49. The van der Waals surface area contributed by atoms with E-state index in [1.807, 2.05) is 0 Å². The van der Waals surface area contributed by atoms with Gasteiger partial charge in [-0.25, -0.2) is 13.6 Å². The smallest absolute Gasteiger partial charge is 0.240 e. The molecular formula is C12H19N3O2S. The van der Waals surface area contributed by atoms with Crippen molar-refractivity contribution in [2.75, 3.05) is 17.6 Å². The Labute approximate surface area is 108 Å². The van der Waals surface area contributed by atoms with Gasteiger partial charge in [-0.15, -0.1) is 0 Å². The first-order valence-electron chi connectivity index (χ1n) is 6.04. The minimum atomic E-state index is -3.74. The molecule has 0 amide bonds. The molecule has 0 saturated heterocycles. The topological polar surface area (TPSA) is 98.2 Å². The molecule has 0 aliphatic heterocycles. The molecule has 5 N–H and O–H groups in total. The van der Waals surface area contributed by atoms with Crippen LogP contribution in [-0.4, -0.2) is 15.0 Å². The normalized spacial score (nSPS) is 17.4. The molecule has 0 aromatic heterocycles. The highest BCUT2D eigenvalue weighted by Crippen LogP contribution is 2.36. The summed E-state index contributed by atoms with van der Waals surface area (Å²) in [5, 5.41) is 8.32. The molecule has 1 unspecified atom stereocenters. The minimum absolute atomic E-state index is 0.0247. The first-order valence-corrected chi connectivity index (χ1v) is 7.59. The first-order chi connectivity index (χ1) is 8.38. The second-order valence-electron chi connectivity index (χ2n) is 4.99. The Hall–Kier alpha value is -1.27. The number of nitrogens with one attached hydrogen (secondary N) is 1. The van der Waals surface area contributed by atoms with Gasteiger partial charge in [0.05, 0.1) is 5.69 Å². The van der Waals surface area contributed by atoms with Crippen LogP contribution in [0.2, 0.25) is 0 Å². The van der Waals surface area contributed by atoms with Gasteiger partial charge in [0.15, 0.2) is 0 Å². The average molecular weight is 269 g/mol. The second kappa shape index (κ2) is 4.78. The lowest BCUT2D eigenvalue weighted by atomic mass is 10.1. The van der Waals surface area contributed by atoms with E-state index in [9.17, 15) is 8.42 Å². The highest BCUT2D eigenvalue weighted by atomic mass is 32.2. The third kappa shape index (κ3) is 3.14. The predicted octanol–water partition coefficient (Wildman–Crippen LogP) is 1.37. The molecule has 1 fully saturated rings. The number of nitrogen functional groups attached to an aromatic ring is 1. The quantitative estimate of drug-likeness (QED) is 0.703. The molecule has 6 heteroatoms. The third-order valence-corrected chi connectivity index (χ3v) is 4.36. The van der Waals surface area contributed by atoms with Crippen LogP contribution in [0.3, 0.4) is 0 Å². The lowest BCUT2D eigenvalue weighted by Crippen LogP contribution is -2.16. The predicted molar refractivity (Wildman–Crippen MR) is 72.6 cm³/mol. The Morgan fingerprint density at radius 2 is 2.11 bits per heavy atom. The van der Waals surface area contributed by atoms with E-state index in [-0.39, 0.29) is 10.6 Å². The van der Waals surface area contributed by atoms with Crippen LogP contribution in [0.25, 0.3) is 0 Å². The summed E-state index contributed by atoms with van der Waals surface area (Å²) in [7, 11) is -3.74. The van der Waals surface area contributed by atoms with E-state index in [0.29, 0.717) is 5.92 Å². The van der Waals surface area contributed by atoms with Gasteiger partial charge in [-0.3, -0.25) is 0 Å². The number of nitrogens with two attached hydrogens (primary N) is 2. The Balaban J connectivity index is 2.04. The number of benzene rings is 1. The van der Waals surface area contributed by atoms with E-state index in [1.54, 1.807) is 12.1 Å². The highest BCUT2D eigenvalue weighted by molar-refractivity contribution is 7.89. The summed E-state index contributed by atoms with van der Waals surface area (Å²) >= 11 is 0. The third-order valence-electron chi connectivity index (χ3n) is 3.37. The number of anilines is 2. The molecule has 5 nitrogen and oxygen atoms in total. The van der Waals surface area contributed by atoms with Crippen molar-refractivity contribution in [3.63, 3.8) is 0 Å². The van der Waals surface area contributed by atoms with Crippen molar-refractivity contribution in [2.24, 2.45) is 17.0 Å².